The van der Waals surface area contributed by atoms with Crippen LogP contribution in [0.4, 0.5) is 0 Å². The van der Waals surface area contributed by atoms with Gasteiger partial charge in [0.05, 0.1) is 19.3 Å². The first kappa shape index (κ1) is 18.2. The second-order valence-corrected chi connectivity index (χ2v) is 7.26. The summed E-state index contributed by atoms with van der Waals surface area (Å²) in [4.78, 5) is 26.9. The average molecular weight is 326 g/mol. The molecule has 0 aromatic carbocycles. The van der Waals surface area contributed by atoms with Gasteiger partial charge < -0.3 is 14.7 Å². The molecule has 132 valence electrons. The number of rotatable bonds is 6. The van der Waals surface area contributed by atoms with E-state index in [4.69, 9.17) is 9.84 Å². The minimum atomic E-state index is -0.845. The average Bonchev–Trinajstić information content (AvgIpc) is 2.46. The Morgan fingerprint density at radius 2 is 2.13 bits per heavy atom. The first-order chi connectivity index (χ1) is 10.9. The standard InChI is InChI=1S/C17H30N2O4/c1-13-4-3-5-14(8-13)9-16(20)19-6-7-23-15(11-19)10-18(2)12-17(21)22/h13-15H,3-12H2,1-2H3,(H,21,22). The van der Waals surface area contributed by atoms with Crippen LogP contribution in [-0.4, -0.2) is 72.7 Å². The van der Waals surface area contributed by atoms with Crippen molar-refractivity contribution in [1.82, 2.24) is 9.80 Å². The zero-order valence-corrected chi connectivity index (χ0v) is 14.4. The Morgan fingerprint density at radius 3 is 2.83 bits per heavy atom. The van der Waals surface area contributed by atoms with Gasteiger partial charge in [-0.3, -0.25) is 14.5 Å². The molecule has 0 aromatic heterocycles. The highest BCUT2D eigenvalue weighted by atomic mass is 16.5. The first-order valence-corrected chi connectivity index (χ1v) is 8.73. The van der Waals surface area contributed by atoms with Crippen molar-refractivity contribution in [3.63, 3.8) is 0 Å². The highest BCUT2D eigenvalue weighted by molar-refractivity contribution is 5.76. The molecule has 6 heteroatoms. The molecule has 0 aromatic rings. The van der Waals surface area contributed by atoms with Gasteiger partial charge in [-0.05, 0) is 31.7 Å². The molecule has 1 aliphatic carbocycles. The lowest BCUT2D eigenvalue weighted by Gasteiger charge is -2.36. The Kier molecular flexibility index (Phi) is 6.84. The van der Waals surface area contributed by atoms with Crippen LogP contribution >= 0.6 is 0 Å². The molecule has 1 saturated heterocycles. The maximum atomic E-state index is 12.5. The minimum Gasteiger partial charge on any atom is -0.480 e. The van der Waals surface area contributed by atoms with Crippen molar-refractivity contribution in [2.75, 3.05) is 39.8 Å². The van der Waals surface area contributed by atoms with Gasteiger partial charge in [-0.2, -0.15) is 0 Å². The lowest BCUT2D eigenvalue weighted by molar-refractivity contribution is -0.143. The molecule has 3 atom stereocenters. The summed E-state index contributed by atoms with van der Waals surface area (Å²) in [5, 5.41) is 8.81. The summed E-state index contributed by atoms with van der Waals surface area (Å²) in [5.74, 6) is 0.659. The van der Waals surface area contributed by atoms with Gasteiger partial charge in [0.2, 0.25) is 5.91 Å². The first-order valence-electron chi connectivity index (χ1n) is 8.73. The molecule has 2 rings (SSSR count). The van der Waals surface area contributed by atoms with E-state index in [1.165, 1.54) is 25.7 Å². The van der Waals surface area contributed by atoms with Gasteiger partial charge >= 0.3 is 5.97 Å². The molecular weight excluding hydrogens is 296 g/mol. The van der Waals surface area contributed by atoms with Crippen LogP contribution in [0.2, 0.25) is 0 Å². The van der Waals surface area contributed by atoms with Gasteiger partial charge in [-0.1, -0.05) is 19.8 Å². The third-order valence-electron chi connectivity index (χ3n) is 4.92. The molecule has 3 unspecified atom stereocenters. The molecule has 2 fully saturated rings. The Morgan fingerprint density at radius 1 is 1.35 bits per heavy atom. The highest BCUT2D eigenvalue weighted by Gasteiger charge is 2.28. The number of nitrogens with zero attached hydrogens (tertiary/aromatic N) is 2. The number of hydrogen-bond acceptors (Lipinski definition) is 4. The number of carbonyl (C=O) groups is 2. The normalized spacial score (nSPS) is 28.8. The van der Waals surface area contributed by atoms with Crippen molar-refractivity contribution < 1.29 is 19.4 Å². The maximum absolute atomic E-state index is 12.5. The molecule has 0 bridgehead atoms. The summed E-state index contributed by atoms with van der Waals surface area (Å²) in [7, 11) is 1.77. The number of morpholine rings is 1. The van der Waals surface area contributed by atoms with E-state index in [-0.39, 0.29) is 18.6 Å². The van der Waals surface area contributed by atoms with Gasteiger partial charge in [0.25, 0.3) is 0 Å². The van der Waals surface area contributed by atoms with Gasteiger partial charge in [-0.25, -0.2) is 0 Å². The predicted octanol–water partition coefficient (Wildman–Crippen LogP) is 1.45. The van der Waals surface area contributed by atoms with Gasteiger partial charge in [0.1, 0.15) is 0 Å². The lowest BCUT2D eigenvalue weighted by Crippen LogP contribution is -2.50. The molecule has 2 aliphatic rings. The molecule has 1 amide bonds. The summed E-state index contributed by atoms with van der Waals surface area (Å²) in [6.07, 6.45) is 5.43. The zero-order valence-electron chi connectivity index (χ0n) is 14.4. The SMILES string of the molecule is CC1CCCC(CC(=O)N2CCOC(CN(C)CC(=O)O)C2)C1. The number of hydrogen-bond donors (Lipinski definition) is 1. The Balaban J connectivity index is 1.78. The smallest absolute Gasteiger partial charge is 0.317 e. The number of aliphatic carboxylic acids is 1. The monoisotopic (exact) mass is 326 g/mol. The predicted molar refractivity (Wildman–Crippen MR) is 87.2 cm³/mol. The summed E-state index contributed by atoms with van der Waals surface area (Å²) >= 11 is 0. The fourth-order valence-corrected chi connectivity index (χ4v) is 3.82. The summed E-state index contributed by atoms with van der Waals surface area (Å²) in [6.45, 7) is 4.58. The van der Waals surface area contributed by atoms with E-state index in [0.29, 0.717) is 38.6 Å². The van der Waals surface area contributed by atoms with Crippen LogP contribution in [0.3, 0.4) is 0 Å². The van der Waals surface area contributed by atoms with Gasteiger partial charge in [0, 0.05) is 26.1 Å². The molecule has 1 heterocycles. The summed E-state index contributed by atoms with van der Waals surface area (Å²) in [6, 6.07) is 0. The van der Waals surface area contributed by atoms with Crippen LogP contribution in [0.15, 0.2) is 0 Å². The van der Waals surface area contributed by atoms with Crippen LogP contribution in [0, 0.1) is 11.8 Å². The van der Waals surface area contributed by atoms with Crippen molar-refractivity contribution in [3.05, 3.63) is 0 Å². The van der Waals surface area contributed by atoms with Crippen molar-refractivity contribution in [2.45, 2.75) is 45.1 Å². The van der Waals surface area contributed by atoms with Crippen molar-refractivity contribution >= 4 is 11.9 Å². The second-order valence-electron chi connectivity index (χ2n) is 7.26. The Bertz CT molecular complexity index is 415. The quantitative estimate of drug-likeness (QED) is 0.800. The van der Waals surface area contributed by atoms with E-state index in [0.717, 1.165) is 5.92 Å². The Hall–Kier alpha value is -1.14. The van der Waals surface area contributed by atoms with E-state index in [2.05, 4.69) is 6.92 Å². The van der Waals surface area contributed by atoms with Crippen LogP contribution in [0.25, 0.3) is 0 Å². The van der Waals surface area contributed by atoms with Crippen LogP contribution in [0.1, 0.15) is 39.0 Å². The van der Waals surface area contributed by atoms with E-state index in [1.807, 2.05) is 4.90 Å². The highest BCUT2D eigenvalue weighted by Crippen LogP contribution is 2.31. The van der Waals surface area contributed by atoms with Crippen LogP contribution < -0.4 is 0 Å². The largest absolute Gasteiger partial charge is 0.480 e. The minimum absolute atomic E-state index is 0.00618. The van der Waals surface area contributed by atoms with Crippen molar-refractivity contribution in [2.24, 2.45) is 11.8 Å². The number of carboxylic acid groups (broad SMARTS) is 1. The Labute approximate surface area is 138 Å². The van der Waals surface area contributed by atoms with Crippen LogP contribution in [0.5, 0.6) is 0 Å². The van der Waals surface area contributed by atoms with E-state index >= 15 is 0 Å². The maximum Gasteiger partial charge on any atom is 0.317 e. The molecule has 1 saturated carbocycles. The topological polar surface area (TPSA) is 70.1 Å². The molecular formula is C17H30N2O4. The second kappa shape index (κ2) is 8.64. The molecule has 0 spiro atoms. The number of carboxylic acids is 1. The number of carbonyl (C=O) groups excluding carboxylic acids is 1. The van der Waals surface area contributed by atoms with Crippen molar-refractivity contribution in [3.8, 4) is 0 Å². The molecule has 1 N–H and O–H groups in total. The third kappa shape index (κ3) is 6.11. The number of likely N-dealkylation sites (N-methyl/N-ethyl adjacent to an activating group) is 1. The van der Waals surface area contributed by atoms with Gasteiger partial charge in [0.15, 0.2) is 0 Å². The van der Waals surface area contributed by atoms with E-state index in [9.17, 15) is 9.59 Å². The van der Waals surface area contributed by atoms with Gasteiger partial charge in [-0.15, -0.1) is 0 Å². The van der Waals surface area contributed by atoms with Crippen LogP contribution in [-0.2, 0) is 14.3 Å². The van der Waals surface area contributed by atoms with E-state index < -0.39 is 5.97 Å². The summed E-state index contributed by atoms with van der Waals surface area (Å²) in [5.41, 5.74) is 0. The lowest BCUT2D eigenvalue weighted by atomic mass is 9.80. The fourth-order valence-electron chi connectivity index (χ4n) is 3.82. The summed E-state index contributed by atoms with van der Waals surface area (Å²) < 4.78 is 5.69. The zero-order chi connectivity index (χ0) is 16.8. The van der Waals surface area contributed by atoms with Crippen molar-refractivity contribution in [1.29, 1.82) is 0 Å². The molecule has 23 heavy (non-hydrogen) atoms. The molecule has 6 nitrogen and oxygen atoms in total. The van der Waals surface area contributed by atoms with E-state index in [1.54, 1.807) is 11.9 Å². The fraction of sp³-hybridized carbons (Fsp3) is 0.882. The number of amides is 1. The number of ether oxygens (including phenoxy) is 1. The third-order valence-corrected chi connectivity index (χ3v) is 4.92. The molecule has 1 aliphatic heterocycles. The molecule has 0 radical (unpaired) electrons.